The van der Waals surface area contributed by atoms with Crippen LogP contribution in [0.3, 0.4) is 0 Å². The van der Waals surface area contributed by atoms with Crippen LogP contribution in [-0.2, 0) is 38.1 Å². The molecule has 3 saturated heterocycles. The number of alkyl halides is 3. The molecule has 2 unspecified atom stereocenters. The van der Waals surface area contributed by atoms with Crippen LogP contribution in [0.5, 0.6) is 5.75 Å². The zero-order chi connectivity index (χ0) is 54.8. The van der Waals surface area contributed by atoms with Gasteiger partial charge in [0.1, 0.15) is 24.2 Å². The first-order valence-electron chi connectivity index (χ1n) is 27.2. The fourth-order valence-corrected chi connectivity index (χ4v) is 12.5. The molecule has 5 heterocycles. The van der Waals surface area contributed by atoms with Crippen molar-refractivity contribution < 1.29 is 41.8 Å². The summed E-state index contributed by atoms with van der Waals surface area (Å²) in [7, 11) is 1.88. The summed E-state index contributed by atoms with van der Waals surface area (Å²) in [6.07, 6.45) is 4.90. The molecule has 3 atom stereocenters. The molecule has 4 aromatic rings. The van der Waals surface area contributed by atoms with E-state index in [1.165, 1.54) is 34.8 Å². The maximum Gasteiger partial charge on any atom is 0.395 e. The summed E-state index contributed by atoms with van der Waals surface area (Å²) >= 11 is 0. The van der Waals surface area contributed by atoms with Gasteiger partial charge in [-0.15, -0.1) is 0 Å². The first-order valence-corrected chi connectivity index (χ1v) is 30.9. The monoisotopic (exact) mass is 1070 g/mol. The number of imide groups is 1. The van der Waals surface area contributed by atoms with Crippen LogP contribution >= 0.6 is 0 Å². The van der Waals surface area contributed by atoms with Crippen LogP contribution in [0, 0.1) is 11.3 Å². The van der Waals surface area contributed by atoms with E-state index in [4.69, 9.17) is 14.2 Å². The Kier molecular flexibility index (Phi) is 17.3. The third-order valence-electron chi connectivity index (χ3n) is 16.5. The number of fused-ring (bicyclic) bond motifs is 1. The van der Waals surface area contributed by atoms with E-state index in [2.05, 4.69) is 85.8 Å². The zero-order valence-electron chi connectivity index (χ0n) is 46.3. The Hall–Kier alpha value is -5.14. The number of methoxy groups -OCH3 is 1. The minimum Gasteiger partial charge on any atom is -0.497 e. The van der Waals surface area contributed by atoms with Gasteiger partial charge >= 0.3 is 11.9 Å². The Labute approximate surface area is 447 Å². The number of nitrogens with zero attached hydrogens (tertiary/aromatic N) is 7. The summed E-state index contributed by atoms with van der Waals surface area (Å²) < 4.78 is 63.5. The normalized spacial score (nSPS) is 22.1. The summed E-state index contributed by atoms with van der Waals surface area (Å²) in [6, 6.07) is 18.1. The minimum absolute atomic E-state index is 0.104. The van der Waals surface area contributed by atoms with Gasteiger partial charge in [-0.1, -0.05) is 62.1 Å². The summed E-state index contributed by atoms with van der Waals surface area (Å²) in [5, 5.41) is 0. The summed E-state index contributed by atoms with van der Waals surface area (Å²) in [5.74, 6) is 0.221. The van der Waals surface area contributed by atoms with Crippen LogP contribution < -0.4 is 10.4 Å². The van der Waals surface area contributed by atoms with Gasteiger partial charge < -0.3 is 19.1 Å². The number of hydrogen-bond donors (Lipinski definition) is 0. The van der Waals surface area contributed by atoms with E-state index < -0.39 is 37.3 Å². The number of ether oxygens (including phenoxy) is 3. The first-order chi connectivity index (χ1) is 35.9. The third-order valence-corrected chi connectivity index (χ3v) is 18.2. The molecular formula is C58H80F3N7O7Si. The molecule has 0 N–H and O–H groups in total. The largest absolute Gasteiger partial charge is 0.497 e. The van der Waals surface area contributed by atoms with Crippen molar-refractivity contribution in [2.45, 2.75) is 135 Å². The van der Waals surface area contributed by atoms with Gasteiger partial charge in [0.25, 0.3) is 11.8 Å². The number of piperidine rings is 1. The fraction of sp³-hybridized carbons (Fsp3) is 0.603. The molecule has 3 amide bonds. The quantitative estimate of drug-likeness (QED) is 0.0508. The van der Waals surface area contributed by atoms with Gasteiger partial charge in [0.15, 0.2) is 0 Å². The van der Waals surface area contributed by atoms with E-state index in [1.54, 1.807) is 25.1 Å². The molecular weight excluding hydrogens is 992 g/mol. The molecule has 3 fully saturated rings. The van der Waals surface area contributed by atoms with Crippen molar-refractivity contribution in [2.75, 3.05) is 72.9 Å². The van der Waals surface area contributed by atoms with Gasteiger partial charge in [-0.05, 0) is 132 Å². The molecule has 1 aliphatic carbocycles. The Balaban J connectivity index is 0.848. The second-order valence-electron chi connectivity index (χ2n) is 24.4. The fourth-order valence-electron chi connectivity index (χ4n) is 11.7. The van der Waals surface area contributed by atoms with E-state index in [9.17, 15) is 32.3 Å². The van der Waals surface area contributed by atoms with Gasteiger partial charge in [-0.25, -0.2) is 9.78 Å². The van der Waals surface area contributed by atoms with Crippen molar-refractivity contribution >= 4 is 42.4 Å². The molecule has 3 aliphatic heterocycles. The lowest BCUT2D eigenvalue weighted by molar-refractivity contribution is -0.217. The highest BCUT2D eigenvalue weighted by Gasteiger charge is 2.49. The van der Waals surface area contributed by atoms with Crippen LogP contribution in [0.25, 0.3) is 16.6 Å². The average molecular weight is 1070 g/mol. The predicted octanol–water partition coefficient (Wildman–Crippen LogP) is 9.70. The highest BCUT2D eigenvalue weighted by Crippen LogP contribution is 2.46. The van der Waals surface area contributed by atoms with Gasteiger partial charge in [-0.2, -0.15) is 13.2 Å². The van der Waals surface area contributed by atoms with Crippen LogP contribution in [0.1, 0.15) is 112 Å². The number of likely N-dealkylation sites (tertiary alicyclic amines) is 1. The summed E-state index contributed by atoms with van der Waals surface area (Å²) in [6.45, 7) is 18.6. The van der Waals surface area contributed by atoms with Gasteiger partial charge in [0, 0.05) is 86.0 Å². The van der Waals surface area contributed by atoms with Crippen molar-refractivity contribution in [1.29, 1.82) is 0 Å². The number of aromatic nitrogens is 3. The Morgan fingerprint density at radius 1 is 0.947 bits per heavy atom. The molecule has 14 nitrogen and oxygen atoms in total. The second-order valence-corrected chi connectivity index (χ2v) is 30.0. The van der Waals surface area contributed by atoms with Gasteiger partial charge in [0.05, 0.1) is 35.4 Å². The summed E-state index contributed by atoms with van der Waals surface area (Å²) in [5.41, 5.74) is 2.77. The lowest BCUT2D eigenvalue weighted by Crippen LogP contribution is -2.50. The van der Waals surface area contributed by atoms with Crippen molar-refractivity contribution in [3.8, 4) is 5.75 Å². The molecule has 414 valence electrons. The van der Waals surface area contributed by atoms with Crippen LogP contribution in [0.4, 0.5) is 13.2 Å². The number of piperazine rings is 1. The SMILES string of the molecule is COc1ccc([C@]2(CCN(Cc3ccc(C4=CCC(CN5CCN(C(=O)c6cc7c(cn6)n(C6CCC(=O)N(COCC[Si](C)(C)C)C6=O)c(=O)n7C)CC5)CC4)cc3)CC(C)(C)C(F)(F)F)CCOC(C)(C)C2)cc1. The number of pyridine rings is 1. The molecule has 0 radical (unpaired) electrons. The van der Waals surface area contributed by atoms with E-state index in [-0.39, 0.29) is 54.6 Å². The van der Waals surface area contributed by atoms with Crippen LogP contribution in [0.2, 0.25) is 25.7 Å². The molecule has 8 rings (SSSR count). The van der Waals surface area contributed by atoms with Crippen LogP contribution in [0.15, 0.2) is 71.7 Å². The topological polar surface area (TPSA) is 132 Å². The lowest BCUT2D eigenvalue weighted by Gasteiger charge is -2.46. The van der Waals surface area contributed by atoms with Crippen molar-refractivity contribution in [2.24, 2.45) is 18.4 Å². The number of rotatable bonds is 19. The number of aryl methyl sites for hydroxylation is 1. The van der Waals surface area contributed by atoms with Crippen LogP contribution in [-0.4, -0.2) is 144 Å². The Morgan fingerprint density at radius 3 is 2.29 bits per heavy atom. The Bertz CT molecular complexity index is 2800. The highest BCUT2D eigenvalue weighted by molar-refractivity contribution is 6.76. The lowest BCUT2D eigenvalue weighted by atomic mass is 9.67. The van der Waals surface area contributed by atoms with E-state index in [0.29, 0.717) is 62.8 Å². The third kappa shape index (κ3) is 13.2. The van der Waals surface area contributed by atoms with Crippen molar-refractivity contribution in [1.82, 2.24) is 33.7 Å². The van der Waals surface area contributed by atoms with E-state index in [0.717, 1.165) is 85.1 Å². The molecule has 0 saturated carbocycles. The average Bonchev–Trinajstić information content (AvgIpc) is 3.64. The van der Waals surface area contributed by atoms with E-state index >= 15 is 0 Å². The number of halogens is 3. The maximum absolute atomic E-state index is 14.4. The van der Waals surface area contributed by atoms with Gasteiger partial charge in [0.2, 0.25) is 5.91 Å². The highest BCUT2D eigenvalue weighted by atomic mass is 28.3. The van der Waals surface area contributed by atoms with Crippen molar-refractivity contribution in [3.05, 3.63) is 99.7 Å². The number of carbonyl (C=O) groups is 3. The molecule has 76 heavy (non-hydrogen) atoms. The van der Waals surface area contributed by atoms with Gasteiger partial charge in [-0.3, -0.25) is 38.2 Å². The molecule has 18 heteroatoms. The molecule has 4 aliphatic rings. The number of carbonyl (C=O) groups excluding carboxylic acids is 3. The maximum atomic E-state index is 14.4. The molecule has 2 aromatic carbocycles. The minimum atomic E-state index is -4.35. The number of allylic oxidation sites excluding steroid dienone is 2. The Morgan fingerprint density at radius 2 is 1.66 bits per heavy atom. The number of hydrogen-bond acceptors (Lipinski definition) is 10. The summed E-state index contributed by atoms with van der Waals surface area (Å²) in [4.78, 5) is 65.9. The molecule has 0 spiro atoms. The second kappa shape index (κ2) is 23.1. The number of amides is 3. The molecule has 0 bridgehead atoms. The van der Waals surface area contributed by atoms with Crippen molar-refractivity contribution in [3.63, 3.8) is 0 Å². The number of benzene rings is 2. The zero-order valence-corrected chi connectivity index (χ0v) is 47.3. The van der Waals surface area contributed by atoms with E-state index in [1.807, 2.05) is 17.0 Å². The standard InChI is InChI=1S/C58H80F3N7O7Si/c1-55(2,58(59,60)61)39-65(26-24-57(25-31-75-56(3,4)38-57)45-18-20-46(73-6)21-19-45)37-42-12-16-44(17-13-42)43-14-10-41(11-15-43)36-64-27-29-66(30-28-64)52(70)47-34-49-50(35-62-47)68(54(72)63(49)5)48-22-23-51(69)67(53(48)71)40-74-32-33-76(7,8)9/h12-14,16-21,34-35,41,48H,10-11,15,22-33,36-40H2,1-9H3/t41?,48?,57-/m1/s1. The molecule has 2 aromatic heterocycles. The number of imidazole rings is 1. The first kappa shape index (κ1) is 57.0. The predicted molar refractivity (Wildman–Crippen MR) is 292 cm³/mol. The smallest absolute Gasteiger partial charge is 0.395 e.